The summed E-state index contributed by atoms with van der Waals surface area (Å²) in [6.07, 6.45) is 1.75. The molecule has 1 aromatic carbocycles. The van der Waals surface area contributed by atoms with Crippen LogP contribution in [0.1, 0.15) is 25.8 Å². The number of urea groups is 1. The van der Waals surface area contributed by atoms with E-state index >= 15 is 0 Å². The predicted molar refractivity (Wildman–Crippen MR) is 80.8 cm³/mol. The van der Waals surface area contributed by atoms with Gasteiger partial charge in [0.05, 0.1) is 12.1 Å². The van der Waals surface area contributed by atoms with Gasteiger partial charge in [0, 0.05) is 16.8 Å². The third-order valence-electron chi connectivity index (χ3n) is 2.80. The molecule has 2 rings (SSSR count). The molecule has 0 fully saturated rings. The number of aromatic carboxylic acids is 1. The Kier molecular flexibility index (Phi) is 4.54. The van der Waals surface area contributed by atoms with Crippen LogP contribution >= 0.6 is 11.3 Å². The van der Waals surface area contributed by atoms with E-state index in [1.165, 1.54) is 23.5 Å². The second-order valence-electron chi connectivity index (χ2n) is 4.51. The number of carbonyl (C=O) groups excluding carboxylic acids is 1. The molecule has 6 nitrogen and oxygen atoms in total. The van der Waals surface area contributed by atoms with Crippen molar-refractivity contribution in [3.63, 3.8) is 0 Å². The molecular formula is C14H15N3O3S. The maximum atomic E-state index is 11.8. The van der Waals surface area contributed by atoms with Crippen molar-refractivity contribution in [1.29, 1.82) is 0 Å². The minimum Gasteiger partial charge on any atom is -0.478 e. The number of carbonyl (C=O) groups is 2. The van der Waals surface area contributed by atoms with E-state index in [0.29, 0.717) is 12.2 Å². The lowest BCUT2D eigenvalue weighted by Crippen LogP contribution is -2.28. The van der Waals surface area contributed by atoms with Gasteiger partial charge in [-0.05, 0) is 31.5 Å². The molecule has 0 spiro atoms. The molecule has 1 heterocycles. The number of amides is 2. The minimum atomic E-state index is -1.03. The van der Waals surface area contributed by atoms with E-state index < -0.39 is 12.0 Å². The molecule has 110 valence electrons. The molecule has 1 aromatic heterocycles. The van der Waals surface area contributed by atoms with Crippen LogP contribution in [0.3, 0.4) is 0 Å². The number of aromatic nitrogens is 1. The molecule has 0 aliphatic heterocycles. The van der Waals surface area contributed by atoms with Gasteiger partial charge in [0.2, 0.25) is 0 Å². The van der Waals surface area contributed by atoms with Crippen molar-refractivity contribution in [3.05, 3.63) is 45.4 Å². The molecule has 0 saturated heterocycles. The summed E-state index contributed by atoms with van der Waals surface area (Å²) in [6, 6.07) is 4.20. The number of benzene rings is 1. The second kappa shape index (κ2) is 6.36. The van der Waals surface area contributed by atoms with Gasteiger partial charge >= 0.3 is 12.0 Å². The number of nitrogens with zero attached hydrogens (tertiary/aromatic N) is 1. The number of nitrogens with one attached hydrogen (secondary N) is 2. The van der Waals surface area contributed by atoms with E-state index in [-0.39, 0.29) is 5.56 Å². The van der Waals surface area contributed by atoms with Gasteiger partial charge in [-0.1, -0.05) is 6.07 Å². The average molecular weight is 305 g/mol. The second-order valence-corrected chi connectivity index (χ2v) is 5.83. The van der Waals surface area contributed by atoms with Crippen LogP contribution in [0.25, 0.3) is 0 Å². The van der Waals surface area contributed by atoms with E-state index in [0.717, 1.165) is 15.4 Å². The van der Waals surface area contributed by atoms with Gasteiger partial charge in [-0.2, -0.15) is 0 Å². The van der Waals surface area contributed by atoms with Gasteiger partial charge in [-0.3, -0.25) is 0 Å². The standard InChI is InChI=1S/C14H15N3O3S/c1-8-3-4-10(13(18)19)5-11(8)17-14(20)16-7-12-15-6-9(2)21-12/h3-6H,7H2,1-2H3,(H,18,19)(H2,16,17,20). The van der Waals surface area contributed by atoms with Crippen molar-refractivity contribution < 1.29 is 14.7 Å². The Hall–Kier alpha value is -2.41. The number of thiazole rings is 1. The Morgan fingerprint density at radius 1 is 1.33 bits per heavy atom. The van der Waals surface area contributed by atoms with Gasteiger partial charge in [0.15, 0.2) is 0 Å². The number of hydrogen-bond acceptors (Lipinski definition) is 4. The van der Waals surface area contributed by atoms with Crippen molar-refractivity contribution in [1.82, 2.24) is 10.3 Å². The summed E-state index contributed by atoms with van der Waals surface area (Å²) < 4.78 is 0. The fourth-order valence-electron chi connectivity index (χ4n) is 1.70. The van der Waals surface area contributed by atoms with Gasteiger partial charge in [-0.25, -0.2) is 14.6 Å². The van der Waals surface area contributed by atoms with Crippen molar-refractivity contribution in [2.24, 2.45) is 0 Å². The first-order valence-corrected chi connectivity index (χ1v) is 7.07. The lowest BCUT2D eigenvalue weighted by molar-refractivity contribution is 0.0697. The molecule has 0 atom stereocenters. The maximum absolute atomic E-state index is 11.8. The first kappa shape index (κ1) is 15.0. The zero-order valence-corrected chi connectivity index (χ0v) is 12.5. The number of hydrogen-bond donors (Lipinski definition) is 3. The smallest absolute Gasteiger partial charge is 0.335 e. The van der Waals surface area contributed by atoms with E-state index in [1.54, 1.807) is 19.2 Å². The predicted octanol–water partition coefficient (Wildman–Crippen LogP) is 2.78. The van der Waals surface area contributed by atoms with Crippen molar-refractivity contribution in [2.75, 3.05) is 5.32 Å². The molecule has 0 aliphatic carbocycles. The largest absolute Gasteiger partial charge is 0.478 e. The van der Waals surface area contributed by atoms with Crippen molar-refractivity contribution in [3.8, 4) is 0 Å². The molecule has 2 aromatic rings. The minimum absolute atomic E-state index is 0.131. The molecule has 7 heteroatoms. The Balaban J connectivity index is 1.99. The van der Waals surface area contributed by atoms with Crippen molar-refractivity contribution in [2.45, 2.75) is 20.4 Å². The Morgan fingerprint density at radius 2 is 2.10 bits per heavy atom. The first-order valence-electron chi connectivity index (χ1n) is 6.26. The summed E-state index contributed by atoms with van der Waals surface area (Å²) in [6.45, 7) is 4.08. The van der Waals surface area contributed by atoms with Gasteiger partial charge in [0.1, 0.15) is 5.01 Å². The molecule has 3 N–H and O–H groups in total. The summed E-state index contributed by atoms with van der Waals surface area (Å²) in [7, 11) is 0. The topological polar surface area (TPSA) is 91.3 Å². The molecule has 0 radical (unpaired) electrons. The average Bonchev–Trinajstić information content (AvgIpc) is 2.84. The van der Waals surface area contributed by atoms with E-state index in [2.05, 4.69) is 15.6 Å². The number of aryl methyl sites for hydroxylation is 2. The summed E-state index contributed by atoms with van der Waals surface area (Å²) in [5.41, 5.74) is 1.40. The lowest BCUT2D eigenvalue weighted by Gasteiger charge is -2.10. The van der Waals surface area contributed by atoms with Crippen LogP contribution < -0.4 is 10.6 Å². The number of carboxylic acids is 1. The Labute approximate surface area is 125 Å². The number of carboxylic acid groups (broad SMARTS) is 1. The number of rotatable bonds is 4. The monoisotopic (exact) mass is 305 g/mol. The summed E-state index contributed by atoms with van der Waals surface area (Å²) in [5, 5.41) is 15.1. The van der Waals surface area contributed by atoms with E-state index in [4.69, 9.17) is 5.11 Å². The highest BCUT2D eigenvalue weighted by molar-refractivity contribution is 7.11. The van der Waals surface area contributed by atoms with Gasteiger partial charge in [-0.15, -0.1) is 11.3 Å². The SMILES string of the molecule is Cc1cnc(CNC(=O)Nc2cc(C(=O)O)ccc2C)s1. The molecule has 0 bridgehead atoms. The molecule has 2 amide bonds. The van der Waals surface area contributed by atoms with Crippen LogP contribution in [-0.2, 0) is 6.54 Å². The highest BCUT2D eigenvalue weighted by atomic mass is 32.1. The van der Waals surface area contributed by atoms with E-state index in [9.17, 15) is 9.59 Å². The van der Waals surface area contributed by atoms with Gasteiger partial charge < -0.3 is 15.7 Å². The highest BCUT2D eigenvalue weighted by Crippen LogP contribution is 2.17. The third kappa shape index (κ3) is 4.03. The van der Waals surface area contributed by atoms with Crippen LogP contribution in [0.4, 0.5) is 10.5 Å². The lowest BCUT2D eigenvalue weighted by atomic mass is 10.1. The normalized spacial score (nSPS) is 10.2. The van der Waals surface area contributed by atoms with Crippen LogP contribution in [0, 0.1) is 13.8 Å². The zero-order valence-electron chi connectivity index (χ0n) is 11.6. The molecule has 21 heavy (non-hydrogen) atoms. The maximum Gasteiger partial charge on any atom is 0.335 e. The third-order valence-corrected chi connectivity index (χ3v) is 3.71. The Bertz CT molecular complexity index is 682. The summed E-state index contributed by atoms with van der Waals surface area (Å²) in [4.78, 5) is 28.0. The van der Waals surface area contributed by atoms with Crippen LogP contribution in [0.15, 0.2) is 24.4 Å². The van der Waals surface area contributed by atoms with Crippen LogP contribution in [-0.4, -0.2) is 22.1 Å². The van der Waals surface area contributed by atoms with E-state index in [1.807, 2.05) is 6.92 Å². The fraction of sp³-hybridized carbons (Fsp3) is 0.214. The summed E-state index contributed by atoms with van der Waals surface area (Å²) in [5.74, 6) is -1.03. The fourth-order valence-corrected chi connectivity index (χ4v) is 2.42. The van der Waals surface area contributed by atoms with Crippen LogP contribution in [0.2, 0.25) is 0 Å². The highest BCUT2D eigenvalue weighted by Gasteiger charge is 2.09. The number of anilines is 1. The zero-order chi connectivity index (χ0) is 15.4. The van der Waals surface area contributed by atoms with Crippen molar-refractivity contribution >= 4 is 29.0 Å². The van der Waals surface area contributed by atoms with Gasteiger partial charge in [0.25, 0.3) is 0 Å². The molecular weight excluding hydrogens is 290 g/mol. The quantitative estimate of drug-likeness (QED) is 0.810. The molecule has 0 aliphatic rings. The summed E-state index contributed by atoms with van der Waals surface area (Å²) >= 11 is 1.51. The Morgan fingerprint density at radius 3 is 2.71 bits per heavy atom. The first-order chi connectivity index (χ1) is 9.95. The molecule has 0 unspecified atom stereocenters. The van der Waals surface area contributed by atoms with Crippen LogP contribution in [0.5, 0.6) is 0 Å². The molecule has 0 saturated carbocycles.